The van der Waals surface area contributed by atoms with E-state index in [0.717, 1.165) is 5.69 Å². The lowest BCUT2D eigenvalue weighted by molar-refractivity contribution is -0.117. The lowest BCUT2D eigenvalue weighted by atomic mass is 10.2. The Morgan fingerprint density at radius 2 is 2.10 bits per heavy atom. The van der Waals surface area contributed by atoms with E-state index in [1.165, 1.54) is 17.3 Å². The Bertz CT molecular complexity index is 621. The van der Waals surface area contributed by atoms with Crippen molar-refractivity contribution in [3.05, 3.63) is 42.6 Å². The monoisotopic (exact) mass is 273 g/mol. The number of carbonyl (C=O) groups excluding carboxylic acids is 1. The van der Waals surface area contributed by atoms with Gasteiger partial charge in [0.05, 0.1) is 5.69 Å². The number of nitrogens with zero attached hydrogens (tertiary/aromatic N) is 4. The van der Waals surface area contributed by atoms with Gasteiger partial charge in [0.2, 0.25) is 5.76 Å². The predicted octanol–water partition coefficient (Wildman–Crippen LogP) is 0.489. The van der Waals surface area contributed by atoms with Crippen molar-refractivity contribution >= 4 is 11.6 Å². The molecular formula is C12H11N5O3. The third kappa shape index (κ3) is 2.58. The Morgan fingerprint density at radius 3 is 2.75 bits per heavy atom. The van der Waals surface area contributed by atoms with Gasteiger partial charge in [0.1, 0.15) is 25.8 Å². The predicted molar refractivity (Wildman–Crippen MR) is 67.8 cm³/mol. The molecule has 0 unspecified atom stereocenters. The quantitative estimate of drug-likeness (QED) is 0.875. The minimum atomic E-state index is -0.347. The van der Waals surface area contributed by atoms with Crippen LogP contribution < -0.4 is 5.32 Å². The van der Waals surface area contributed by atoms with Gasteiger partial charge in [-0.2, -0.15) is 0 Å². The second-order valence-corrected chi connectivity index (χ2v) is 3.96. The molecule has 8 nitrogen and oxygen atoms in total. The Hall–Kier alpha value is -2.90. The van der Waals surface area contributed by atoms with E-state index in [2.05, 4.69) is 20.8 Å². The Labute approximate surface area is 114 Å². The first-order valence-electron chi connectivity index (χ1n) is 5.92. The van der Waals surface area contributed by atoms with E-state index in [9.17, 15) is 4.79 Å². The van der Waals surface area contributed by atoms with Gasteiger partial charge in [-0.25, -0.2) is 4.68 Å². The summed E-state index contributed by atoms with van der Waals surface area (Å²) in [5, 5.41) is 13.6. The van der Waals surface area contributed by atoms with Crippen LogP contribution in [0.4, 0.5) is 5.69 Å². The van der Waals surface area contributed by atoms with Gasteiger partial charge in [-0.3, -0.25) is 4.79 Å². The van der Waals surface area contributed by atoms with E-state index in [4.69, 9.17) is 9.47 Å². The van der Waals surface area contributed by atoms with Crippen molar-refractivity contribution < 1.29 is 14.3 Å². The normalized spacial score (nSPS) is 13.9. The van der Waals surface area contributed by atoms with Crippen LogP contribution >= 0.6 is 0 Å². The molecule has 0 saturated heterocycles. The van der Waals surface area contributed by atoms with E-state index in [1.807, 2.05) is 0 Å². The van der Waals surface area contributed by atoms with E-state index < -0.39 is 0 Å². The summed E-state index contributed by atoms with van der Waals surface area (Å²) < 4.78 is 11.7. The Balaban J connectivity index is 1.69. The van der Waals surface area contributed by atoms with E-state index in [-0.39, 0.29) is 11.7 Å². The molecule has 1 aliphatic rings. The summed E-state index contributed by atoms with van der Waals surface area (Å²) in [4.78, 5) is 11.9. The van der Waals surface area contributed by atoms with Crippen LogP contribution in [0.15, 0.2) is 42.6 Å². The summed E-state index contributed by atoms with van der Waals surface area (Å²) in [6.07, 6.45) is 2.81. The fraction of sp³-hybridized carbons (Fsp3) is 0.167. The molecule has 0 spiro atoms. The summed E-state index contributed by atoms with van der Waals surface area (Å²) >= 11 is 0. The minimum Gasteiger partial charge on any atom is -0.494 e. The number of tetrazole rings is 1. The molecule has 1 amide bonds. The number of amides is 1. The van der Waals surface area contributed by atoms with Crippen LogP contribution in [0.1, 0.15) is 0 Å². The highest BCUT2D eigenvalue weighted by Gasteiger charge is 2.15. The zero-order valence-corrected chi connectivity index (χ0v) is 10.4. The maximum absolute atomic E-state index is 11.9. The van der Waals surface area contributed by atoms with E-state index >= 15 is 0 Å². The minimum absolute atomic E-state index is 0.167. The molecule has 1 aromatic carbocycles. The second-order valence-electron chi connectivity index (χ2n) is 3.96. The largest absolute Gasteiger partial charge is 0.494 e. The number of ether oxygens (including phenoxy) is 2. The van der Waals surface area contributed by atoms with Crippen molar-refractivity contribution in [3.63, 3.8) is 0 Å². The molecule has 3 rings (SSSR count). The highest BCUT2D eigenvalue weighted by atomic mass is 16.6. The van der Waals surface area contributed by atoms with Gasteiger partial charge in [0, 0.05) is 5.69 Å². The number of anilines is 1. The standard InChI is InChI=1S/C12H11N5O3/c18-12(11-7-19-5-6-20-11)14-9-1-3-10(4-2-9)17-8-13-15-16-17/h1-4,7-8H,5-6H2,(H,14,18). The maximum atomic E-state index is 11.9. The number of nitrogens with one attached hydrogen (secondary N) is 1. The van der Waals surface area contributed by atoms with Crippen LogP contribution in [0.2, 0.25) is 0 Å². The van der Waals surface area contributed by atoms with Crippen LogP contribution in [0.5, 0.6) is 0 Å². The van der Waals surface area contributed by atoms with Crippen LogP contribution in [0.3, 0.4) is 0 Å². The molecule has 0 saturated carbocycles. The zero-order valence-electron chi connectivity index (χ0n) is 10.4. The van der Waals surface area contributed by atoms with Crippen molar-refractivity contribution in [2.75, 3.05) is 18.5 Å². The van der Waals surface area contributed by atoms with Crippen molar-refractivity contribution in [2.45, 2.75) is 0 Å². The summed E-state index contributed by atoms with van der Waals surface area (Å²) in [7, 11) is 0. The van der Waals surface area contributed by atoms with Gasteiger partial charge in [0.15, 0.2) is 0 Å². The third-order valence-corrected chi connectivity index (χ3v) is 2.61. The molecule has 1 aliphatic heterocycles. The molecule has 0 radical (unpaired) electrons. The molecule has 20 heavy (non-hydrogen) atoms. The number of hydrogen-bond donors (Lipinski definition) is 1. The molecule has 2 heterocycles. The highest BCUT2D eigenvalue weighted by Crippen LogP contribution is 2.14. The number of carbonyl (C=O) groups is 1. The maximum Gasteiger partial charge on any atom is 0.294 e. The van der Waals surface area contributed by atoms with Crippen molar-refractivity contribution in [1.29, 1.82) is 0 Å². The first-order valence-corrected chi connectivity index (χ1v) is 5.92. The van der Waals surface area contributed by atoms with Gasteiger partial charge in [0.25, 0.3) is 5.91 Å². The molecule has 102 valence electrons. The fourth-order valence-corrected chi connectivity index (χ4v) is 1.66. The SMILES string of the molecule is O=C(Nc1ccc(-n2cnnn2)cc1)C1=COCCO1. The van der Waals surface area contributed by atoms with Crippen LogP contribution in [0, 0.1) is 0 Å². The summed E-state index contributed by atoms with van der Waals surface area (Å²) in [6.45, 7) is 0.828. The summed E-state index contributed by atoms with van der Waals surface area (Å²) in [6, 6.07) is 7.08. The van der Waals surface area contributed by atoms with E-state index in [1.54, 1.807) is 24.3 Å². The molecule has 1 N–H and O–H groups in total. The second kappa shape index (κ2) is 5.39. The lowest BCUT2D eigenvalue weighted by Crippen LogP contribution is -2.21. The average molecular weight is 273 g/mol. The topological polar surface area (TPSA) is 91.2 Å². The van der Waals surface area contributed by atoms with Crippen molar-refractivity contribution in [2.24, 2.45) is 0 Å². The molecule has 1 aromatic heterocycles. The number of rotatable bonds is 3. The van der Waals surface area contributed by atoms with Crippen LogP contribution in [-0.2, 0) is 14.3 Å². The molecule has 0 bridgehead atoms. The molecule has 0 atom stereocenters. The van der Waals surface area contributed by atoms with Crippen molar-refractivity contribution in [1.82, 2.24) is 20.2 Å². The van der Waals surface area contributed by atoms with Gasteiger partial charge in [-0.1, -0.05) is 0 Å². The van der Waals surface area contributed by atoms with Crippen molar-refractivity contribution in [3.8, 4) is 5.69 Å². The number of hydrogen-bond acceptors (Lipinski definition) is 6. The molecule has 2 aromatic rings. The first kappa shape index (κ1) is 12.2. The number of aromatic nitrogens is 4. The Kier molecular flexibility index (Phi) is 3.27. The summed E-state index contributed by atoms with van der Waals surface area (Å²) in [5.74, 6) is -0.180. The molecule has 0 aliphatic carbocycles. The van der Waals surface area contributed by atoms with E-state index in [0.29, 0.717) is 18.9 Å². The average Bonchev–Trinajstić information content (AvgIpc) is 3.03. The smallest absolute Gasteiger partial charge is 0.294 e. The lowest BCUT2D eigenvalue weighted by Gasteiger charge is -2.15. The van der Waals surface area contributed by atoms with Gasteiger partial charge in [-0.05, 0) is 34.7 Å². The molecular weight excluding hydrogens is 262 g/mol. The fourth-order valence-electron chi connectivity index (χ4n) is 1.66. The van der Waals surface area contributed by atoms with Crippen LogP contribution in [0.25, 0.3) is 5.69 Å². The Morgan fingerprint density at radius 1 is 1.25 bits per heavy atom. The summed E-state index contributed by atoms with van der Waals surface area (Å²) in [5.41, 5.74) is 1.44. The highest BCUT2D eigenvalue weighted by molar-refractivity contribution is 6.02. The van der Waals surface area contributed by atoms with Crippen LogP contribution in [-0.4, -0.2) is 39.3 Å². The zero-order chi connectivity index (χ0) is 13.8. The third-order valence-electron chi connectivity index (χ3n) is 2.61. The first-order chi connectivity index (χ1) is 9.83. The van der Waals surface area contributed by atoms with Gasteiger partial charge >= 0.3 is 0 Å². The molecule has 8 heteroatoms. The van der Waals surface area contributed by atoms with Gasteiger partial charge < -0.3 is 14.8 Å². The van der Waals surface area contributed by atoms with Gasteiger partial charge in [-0.15, -0.1) is 5.10 Å². The number of benzene rings is 1. The molecule has 0 fully saturated rings.